The van der Waals surface area contributed by atoms with Gasteiger partial charge in [0, 0.05) is 19.3 Å². The van der Waals surface area contributed by atoms with Crippen LogP contribution in [0, 0.1) is 0 Å². The van der Waals surface area contributed by atoms with Crippen molar-refractivity contribution in [1.29, 1.82) is 0 Å². The number of hydrogen-bond donors (Lipinski definition) is 3. The number of hydrogen-bond acceptors (Lipinski definition) is 4. The summed E-state index contributed by atoms with van der Waals surface area (Å²) in [4.78, 5) is 13.9. The molecule has 7 heteroatoms. The summed E-state index contributed by atoms with van der Waals surface area (Å²) in [6.45, 7) is 4.36. The molecular formula is C13H23N5O2. The molecule has 0 unspecified atom stereocenters. The number of carbonyl (C=O) groups excluding carboxylic acids is 1. The van der Waals surface area contributed by atoms with Crippen LogP contribution in [0.15, 0.2) is 12.4 Å². The van der Waals surface area contributed by atoms with Crippen LogP contribution in [0.3, 0.4) is 0 Å². The zero-order chi connectivity index (χ0) is 14.2. The highest BCUT2D eigenvalue weighted by Gasteiger charge is 2.10. The van der Waals surface area contributed by atoms with Gasteiger partial charge in [0.15, 0.2) is 0 Å². The Morgan fingerprint density at radius 2 is 2.10 bits per heavy atom. The van der Waals surface area contributed by atoms with E-state index in [1.54, 1.807) is 6.20 Å². The highest BCUT2D eigenvalue weighted by Crippen LogP contribution is 2.09. The molecule has 1 aromatic rings. The average Bonchev–Trinajstić information content (AvgIpc) is 2.91. The van der Waals surface area contributed by atoms with Crippen LogP contribution in [0.5, 0.6) is 0 Å². The number of aromatic nitrogens is 2. The molecule has 2 heterocycles. The number of anilines is 1. The Kier molecular flexibility index (Phi) is 5.82. The number of urea groups is 1. The minimum atomic E-state index is -0.324. The van der Waals surface area contributed by atoms with Gasteiger partial charge in [-0.1, -0.05) is 6.42 Å². The van der Waals surface area contributed by atoms with Crippen LogP contribution in [-0.2, 0) is 6.54 Å². The Bertz CT molecular complexity index is 415. The molecule has 0 spiro atoms. The van der Waals surface area contributed by atoms with E-state index in [1.807, 2.05) is 10.9 Å². The molecule has 1 saturated heterocycles. The lowest BCUT2D eigenvalue weighted by atomic mass is 10.1. The molecule has 1 aromatic heterocycles. The second-order valence-corrected chi connectivity index (χ2v) is 5.00. The topological polar surface area (TPSA) is 82.4 Å². The number of nitrogens with one attached hydrogen (secondary N) is 2. The molecule has 1 aliphatic rings. The van der Waals surface area contributed by atoms with Gasteiger partial charge in [-0.05, 0) is 25.9 Å². The molecule has 1 fully saturated rings. The van der Waals surface area contributed by atoms with E-state index in [-0.39, 0.29) is 19.2 Å². The predicted molar refractivity (Wildman–Crippen MR) is 76.6 cm³/mol. The molecule has 20 heavy (non-hydrogen) atoms. The normalized spacial score (nSPS) is 16.1. The first-order chi connectivity index (χ1) is 9.78. The fraction of sp³-hybridized carbons (Fsp3) is 0.692. The van der Waals surface area contributed by atoms with Gasteiger partial charge in [0.25, 0.3) is 0 Å². The zero-order valence-corrected chi connectivity index (χ0v) is 11.7. The van der Waals surface area contributed by atoms with Crippen molar-refractivity contribution in [2.75, 3.05) is 38.1 Å². The lowest BCUT2D eigenvalue weighted by molar-refractivity contribution is 0.218. The third-order valence-electron chi connectivity index (χ3n) is 3.38. The second-order valence-electron chi connectivity index (χ2n) is 5.00. The minimum absolute atomic E-state index is 0.0669. The van der Waals surface area contributed by atoms with Crippen molar-refractivity contribution in [3.8, 4) is 0 Å². The van der Waals surface area contributed by atoms with Crippen LogP contribution < -0.4 is 10.6 Å². The summed E-state index contributed by atoms with van der Waals surface area (Å²) in [5, 5.41) is 18.1. The van der Waals surface area contributed by atoms with E-state index in [9.17, 15) is 4.79 Å². The van der Waals surface area contributed by atoms with Gasteiger partial charge in [-0.2, -0.15) is 5.10 Å². The molecule has 2 amide bonds. The lowest BCUT2D eigenvalue weighted by Gasteiger charge is -2.26. The number of aliphatic hydroxyl groups excluding tert-OH is 1. The van der Waals surface area contributed by atoms with Crippen LogP contribution in [-0.4, -0.2) is 58.6 Å². The van der Waals surface area contributed by atoms with Crippen LogP contribution >= 0.6 is 0 Å². The maximum Gasteiger partial charge on any atom is 0.319 e. The van der Waals surface area contributed by atoms with Gasteiger partial charge in [-0.25, -0.2) is 4.79 Å². The Balaban J connectivity index is 1.72. The van der Waals surface area contributed by atoms with E-state index in [1.165, 1.54) is 32.4 Å². The van der Waals surface area contributed by atoms with E-state index in [0.29, 0.717) is 5.69 Å². The molecule has 112 valence electrons. The van der Waals surface area contributed by atoms with Gasteiger partial charge < -0.3 is 20.6 Å². The first-order valence-corrected chi connectivity index (χ1v) is 7.18. The standard InChI is InChI=1S/C13H23N5O2/c19-9-4-14-13(20)16-12-10-15-18(11-12)8-7-17-5-2-1-3-6-17/h10-11,19H,1-9H2,(H2,14,16,20). The average molecular weight is 281 g/mol. The van der Waals surface area contributed by atoms with E-state index < -0.39 is 0 Å². The largest absolute Gasteiger partial charge is 0.395 e. The van der Waals surface area contributed by atoms with Gasteiger partial charge in [-0.15, -0.1) is 0 Å². The van der Waals surface area contributed by atoms with Crippen LogP contribution in [0.4, 0.5) is 10.5 Å². The van der Waals surface area contributed by atoms with Gasteiger partial charge in [0.05, 0.1) is 25.0 Å². The number of likely N-dealkylation sites (tertiary alicyclic amines) is 1. The summed E-state index contributed by atoms with van der Waals surface area (Å²) in [6, 6.07) is -0.324. The van der Waals surface area contributed by atoms with Crippen LogP contribution in [0.2, 0.25) is 0 Å². The van der Waals surface area contributed by atoms with Gasteiger partial charge in [-0.3, -0.25) is 4.68 Å². The summed E-state index contributed by atoms with van der Waals surface area (Å²) < 4.78 is 1.84. The predicted octanol–water partition coefficient (Wildman–Crippen LogP) is 0.483. The second kappa shape index (κ2) is 7.86. The van der Waals surface area contributed by atoms with Crippen molar-refractivity contribution < 1.29 is 9.90 Å². The summed E-state index contributed by atoms with van der Waals surface area (Å²) in [5.74, 6) is 0. The molecule has 1 aliphatic heterocycles. The maximum absolute atomic E-state index is 11.4. The number of aliphatic hydroxyl groups is 1. The molecule has 0 aromatic carbocycles. The molecule has 3 N–H and O–H groups in total. The molecule has 0 aliphatic carbocycles. The third kappa shape index (κ3) is 4.82. The number of nitrogens with zero attached hydrogens (tertiary/aromatic N) is 3. The molecule has 7 nitrogen and oxygen atoms in total. The molecular weight excluding hydrogens is 258 g/mol. The Morgan fingerprint density at radius 1 is 1.30 bits per heavy atom. The Labute approximate surface area is 118 Å². The SMILES string of the molecule is O=C(NCCO)Nc1cnn(CCN2CCCCC2)c1. The van der Waals surface area contributed by atoms with E-state index in [4.69, 9.17) is 5.11 Å². The molecule has 0 radical (unpaired) electrons. The first kappa shape index (κ1) is 14.8. The number of carbonyl (C=O) groups is 1. The Hall–Kier alpha value is -1.60. The number of amides is 2. The molecule has 2 rings (SSSR count). The van der Waals surface area contributed by atoms with Crippen molar-refractivity contribution in [1.82, 2.24) is 20.0 Å². The highest BCUT2D eigenvalue weighted by atomic mass is 16.3. The molecule has 0 bridgehead atoms. The van der Waals surface area contributed by atoms with E-state index in [2.05, 4.69) is 20.6 Å². The van der Waals surface area contributed by atoms with Crippen molar-refractivity contribution in [3.63, 3.8) is 0 Å². The Morgan fingerprint density at radius 3 is 2.85 bits per heavy atom. The smallest absolute Gasteiger partial charge is 0.319 e. The lowest BCUT2D eigenvalue weighted by Crippen LogP contribution is -2.32. The first-order valence-electron chi connectivity index (χ1n) is 7.18. The molecule has 0 atom stereocenters. The van der Waals surface area contributed by atoms with Gasteiger partial charge in [0.1, 0.15) is 0 Å². The van der Waals surface area contributed by atoms with Crippen molar-refractivity contribution in [2.45, 2.75) is 25.8 Å². The molecule has 0 saturated carbocycles. The van der Waals surface area contributed by atoms with E-state index >= 15 is 0 Å². The minimum Gasteiger partial charge on any atom is -0.395 e. The number of piperidine rings is 1. The van der Waals surface area contributed by atoms with Gasteiger partial charge in [0.2, 0.25) is 0 Å². The summed E-state index contributed by atoms with van der Waals surface area (Å²) in [6.07, 6.45) is 7.38. The van der Waals surface area contributed by atoms with Crippen LogP contribution in [0.1, 0.15) is 19.3 Å². The highest BCUT2D eigenvalue weighted by molar-refractivity contribution is 5.88. The fourth-order valence-electron chi connectivity index (χ4n) is 2.32. The number of rotatable bonds is 6. The summed E-state index contributed by atoms with van der Waals surface area (Å²) in [7, 11) is 0. The van der Waals surface area contributed by atoms with Gasteiger partial charge >= 0.3 is 6.03 Å². The van der Waals surface area contributed by atoms with E-state index in [0.717, 1.165) is 13.1 Å². The van der Waals surface area contributed by atoms with Crippen LogP contribution in [0.25, 0.3) is 0 Å². The third-order valence-corrected chi connectivity index (χ3v) is 3.38. The summed E-state index contributed by atoms with van der Waals surface area (Å²) in [5.41, 5.74) is 0.666. The zero-order valence-electron chi connectivity index (χ0n) is 11.7. The monoisotopic (exact) mass is 281 g/mol. The van der Waals surface area contributed by atoms with Crippen molar-refractivity contribution in [2.24, 2.45) is 0 Å². The van der Waals surface area contributed by atoms with Crippen molar-refractivity contribution >= 4 is 11.7 Å². The maximum atomic E-state index is 11.4. The van der Waals surface area contributed by atoms with Crippen molar-refractivity contribution in [3.05, 3.63) is 12.4 Å². The fourth-order valence-corrected chi connectivity index (χ4v) is 2.32. The quantitative estimate of drug-likeness (QED) is 0.708. The summed E-state index contributed by atoms with van der Waals surface area (Å²) >= 11 is 0.